The fourth-order valence-electron chi connectivity index (χ4n) is 2.36. The van der Waals surface area contributed by atoms with E-state index in [1.165, 1.54) is 0 Å². The lowest BCUT2D eigenvalue weighted by molar-refractivity contribution is -0.183. The van der Waals surface area contributed by atoms with Gasteiger partial charge < -0.3 is 15.2 Å². The smallest absolute Gasteiger partial charge is 0.144 e. The Hall–Kier alpha value is -2.22. The molecular weight excluding hydrogens is 356 g/mol. The van der Waals surface area contributed by atoms with Gasteiger partial charge in [-0.2, -0.15) is 9.88 Å². The van der Waals surface area contributed by atoms with Crippen LogP contribution in [0.4, 0.5) is 9.05 Å². The Morgan fingerprint density at radius 1 is 0.815 bits per heavy atom. The van der Waals surface area contributed by atoms with Crippen LogP contribution < -0.4 is 15.2 Å². The minimum Gasteiger partial charge on any atom is -0.493 e. The summed E-state index contributed by atoms with van der Waals surface area (Å²) in [5.41, 5.74) is 7.58. The fourth-order valence-corrected chi connectivity index (χ4v) is 2.36. The third kappa shape index (κ3) is 7.50. The predicted octanol–water partition coefficient (Wildman–Crippen LogP) is 3.80. The molecule has 0 heterocycles. The number of nitrogens with two attached hydrogens (primary N) is 1. The molecule has 2 atom stereocenters. The summed E-state index contributed by atoms with van der Waals surface area (Å²) in [5, 5.41) is 0. The number of hydrogen-bond acceptors (Lipinski definition) is 5. The van der Waals surface area contributed by atoms with Gasteiger partial charge in [0.1, 0.15) is 24.2 Å². The van der Waals surface area contributed by atoms with Crippen molar-refractivity contribution in [3.8, 4) is 11.5 Å². The molecule has 0 aliphatic rings. The van der Waals surface area contributed by atoms with Crippen molar-refractivity contribution in [1.82, 2.24) is 0 Å². The first-order chi connectivity index (χ1) is 13.1. The lowest BCUT2D eigenvalue weighted by Gasteiger charge is -2.12. The van der Waals surface area contributed by atoms with E-state index in [0.29, 0.717) is 12.4 Å². The molecular formula is C20H25F2NO4. The van der Waals surface area contributed by atoms with Crippen LogP contribution in [0.1, 0.15) is 18.1 Å². The largest absolute Gasteiger partial charge is 0.493 e. The predicted molar refractivity (Wildman–Crippen MR) is 97.9 cm³/mol. The SMILES string of the molecule is CC(COF)COc1ccc(Cc2ccc(OCC(CN)OF)cc2)cc1. The summed E-state index contributed by atoms with van der Waals surface area (Å²) in [6.45, 7) is 2.37. The third-order valence-electron chi connectivity index (χ3n) is 3.96. The number of benzene rings is 2. The molecule has 7 heteroatoms. The van der Waals surface area contributed by atoms with Crippen molar-refractivity contribution in [2.45, 2.75) is 19.4 Å². The van der Waals surface area contributed by atoms with Crippen LogP contribution in [0, 0.1) is 5.92 Å². The highest BCUT2D eigenvalue weighted by atomic mass is 19.3. The summed E-state index contributed by atoms with van der Waals surface area (Å²) < 4.78 is 34.9. The first kappa shape index (κ1) is 21.1. The Morgan fingerprint density at radius 2 is 1.33 bits per heavy atom. The molecule has 0 saturated carbocycles. The molecule has 2 aromatic carbocycles. The molecule has 5 nitrogen and oxygen atoms in total. The molecule has 0 spiro atoms. The molecule has 2 N–H and O–H groups in total. The number of hydrogen-bond donors (Lipinski definition) is 1. The maximum Gasteiger partial charge on any atom is 0.144 e. The van der Waals surface area contributed by atoms with Gasteiger partial charge in [-0.05, 0) is 50.9 Å². The van der Waals surface area contributed by atoms with Crippen LogP contribution >= 0.6 is 0 Å². The van der Waals surface area contributed by atoms with Crippen LogP contribution in [0.2, 0.25) is 0 Å². The molecule has 0 aromatic heterocycles. The second-order valence-electron chi connectivity index (χ2n) is 6.41. The Bertz CT molecular complexity index is 648. The van der Waals surface area contributed by atoms with E-state index >= 15 is 0 Å². The molecule has 2 unspecified atom stereocenters. The molecule has 0 amide bonds. The van der Waals surface area contributed by atoms with Crippen molar-refractivity contribution in [1.29, 1.82) is 0 Å². The van der Waals surface area contributed by atoms with Gasteiger partial charge in [-0.1, -0.05) is 31.2 Å². The summed E-state index contributed by atoms with van der Waals surface area (Å²) in [4.78, 5) is 7.30. The van der Waals surface area contributed by atoms with E-state index in [1.807, 2.05) is 55.5 Å². The van der Waals surface area contributed by atoms with Crippen LogP contribution in [-0.4, -0.2) is 32.5 Å². The van der Waals surface area contributed by atoms with Crippen LogP contribution in [-0.2, 0) is 16.3 Å². The topological polar surface area (TPSA) is 62.9 Å². The summed E-state index contributed by atoms with van der Waals surface area (Å²) in [5.74, 6) is 1.34. The average Bonchev–Trinajstić information content (AvgIpc) is 2.70. The van der Waals surface area contributed by atoms with Gasteiger partial charge in [-0.3, -0.25) is 0 Å². The number of rotatable bonds is 12. The lowest BCUT2D eigenvalue weighted by Crippen LogP contribution is -2.27. The van der Waals surface area contributed by atoms with Gasteiger partial charge in [-0.15, -0.1) is 0 Å². The summed E-state index contributed by atoms with van der Waals surface area (Å²) >= 11 is 0. The van der Waals surface area contributed by atoms with Gasteiger partial charge in [0.2, 0.25) is 0 Å². The van der Waals surface area contributed by atoms with Gasteiger partial charge in [0.25, 0.3) is 0 Å². The van der Waals surface area contributed by atoms with E-state index in [-0.39, 0.29) is 25.7 Å². The molecule has 0 aliphatic heterocycles. The van der Waals surface area contributed by atoms with Crippen molar-refractivity contribution >= 4 is 0 Å². The summed E-state index contributed by atoms with van der Waals surface area (Å²) in [7, 11) is 0. The van der Waals surface area contributed by atoms with E-state index in [4.69, 9.17) is 15.2 Å². The first-order valence-electron chi connectivity index (χ1n) is 8.79. The van der Waals surface area contributed by atoms with E-state index in [9.17, 15) is 9.05 Å². The molecule has 0 bridgehead atoms. The van der Waals surface area contributed by atoms with Crippen LogP contribution in [0.25, 0.3) is 0 Å². The van der Waals surface area contributed by atoms with Gasteiger partial charge in [-0.25, -0.2) is 0 Å². The second-order valence-corrected chi connectivity index (χ2v) is 6.41. The molecule has 148 valence electrons. The summed E-state index contributed by atoms with van der Waals surface area (Å²) in [6, 6.07) is 15.3. The van der Waals surface area contributed by atoms with Crippen molar-refractivity contribution < 1.29 is 28.4 Å². The zero-order valence-corrected chi connectivity index (χ0v) is 15.3. The molecule has 2 rings (SSSR count). The number of ether oxygens (including phenoxy) is 2. The van der Waals surface area contributed by atoms with Crippen molar-refractivity contribution in [2.24, 2.45) is 11.7 Å². The number of halogens is 2. The maximum atomic E-state index is 12.1. The lowest BCUT2D eigenvalue weighted by atomic mass is 10.0. The standard InChI is InChI=1S/C20H25F2NO4/c1-15(13-26-21)12-24-18-6-2-16(3-7-18)10-17-4-8-19(9-5-17)25-14-20(11-23)27-22/h2-9,15,20H,10-14,23H2,1H3. The van der Waals surface area contributed by atoms with E-state index in [1.54, 1.807) is 0 Å². The van der Waals surface area contributed by atoms with Crippen LogP contribution in [0.15, 0.2) is 48.5 Å². The molecule has 0 aliphatic carbocycles. The van der Waals surface area contributed by atoms with Gasteiger partial charge in [0.15, 0.2) is 0 Å². The zero-order valence-electron chi connectivity index (χ0n) is 15.3. The van der Waals surface area contributed by atoms with Crippen molar-refractivity contribution in [3.63, 3.8) is 0 Å². The van der Waals surface area contributed by atoms with Gasteiger partial charge in [0.05, 0.1) is 13.2 Å². The monoisotopic (exact) mass is 381 g/mol. The molecule has 27 heavy (non-hydrogen) atoms. The minimum atomic E-state index is -0.766. The first-order valence-corrected chi connectivity index (χ1v) is 8.79. The molecule has 2 aromatic rings. The Balaban J connectivity index is 1.82. The van der Waals surface area contributed by atoms with Gasteiger partial charge in [0, 0.05) is 12.5 Å². The highest BCUT2D eigenvalue weighted by molar-refractivity contribution is 5.34. The summed E-state index contributed by atoms with van der Waals surface area (Å²) in [6.07, 6.45) is -0.0102. The van der Waals surface area contributed by atoms with Gasteiger partial charge >= 0.3 is 0 Å². The van der Waals surface area contributed by atoms with Crippen molar-refractivity contribution in [2.75, 3.05) is 26.4 Å². The second kappa shape index (κ2) is 11.5. The fraction of sp³-hybridized carbons (Fsp3) is 0.400. The van der Waals surface area contributed by atoms with Crippen LogP contribution in [0.5, 0.6) is 11.5 Å². The Morgan fingerprint density at radius 3 is 1.78 bits per heavy atom. The molecule has 0 saturated heterocycles. The highest BCUT2D eigenvalue weighted by Gasteiger charge is 2.08. The van der Waals surface area contributed by atoms with E-state index in [2.05, 4.69) is 9.88 Å². The molecule has 0 fully saturated rings. The minimum absolute atomic E-state index is 0.0193. The molecule has 0 radical (unpaired) electrons. The van der Waals surface area contributed by atoms with E-state index < -0.39 is 6.10 Å². The average molecular weight is 381 g/mol. The highest BCUT2D eigenvalue weighted by Crippen LogP contribution is 2.18. The Kier molecular flexibility index (Phi) is 8.97. The zero-order chi connectivity index (χ0) is 19.5. The quantitative estimate of drug-likeness (QED) is 0.606. The third-order valence-corrected chi connectivity index (χ3v) is 3.96. The normalized spacial score (nSPS) is 13.2. The Labute approximate surface area is 157 Å². The van der Waals surface area contributed by atoms with E-state index in [0.717, 1.165) is 23.3 Å². The maximum absolute atomic E-state index is 12.1. The van der Waals surface area contributed by atoms with Crippen LogP contribution in [0.3, 0.4) is 0 Å². The van der Waals surface area contributed by atoms with Crippen molar-refractivity contribution in [3.05, 3.63) is 59.7 Å².